The Labute approximate surface area is 129 Å². The van der Waals surface area contributed by atoms with Crippen LogP contribution in [0.3, 0.4) is 0 Å². The SMILES string of the molecule is CC(C)(C)OC(O)CNC(=O)c1ccnc2c(N)cccc12. The van der Waals surface area contributed by atoms with Crippen LogP contribution in [-0.4, -0.2) is 34.4 Å². The van der Waals surface area contributed by atoms with Crippen molar-refractivity contribution in [3.63, 3.8) is 0 Å². The van der Waals surface area contributed by atoms with Crippen LogP contribution in [0, 0.1) is 0 Å². The van der Waals surface area contributed by atoms with E-state index in [4.69, 9.17) is 10.5 Å². The number of nitrogens with one attached hydrogen (secondary N) is 1. The van der Waals surface area contributed by atoms with Crippen molar-refractivity contribution in [2.24, 2.45) is 0 Å². The number of nitrogens with two attached hydrogens (primary N) is 1. The lowest BCUT2D eigenvalue weighted by molar-refractivity contribution is -0.161. The molecule has 1 atom stereocenters. The third-order valence-corrected chi connectivity index (χ3v) is 2.97. The van der Waals surface area contributed by atoms with Gasteiger partial charge >= 0.3 is 0 Å². The van der Waals surface area contributed by atoms with Crippen molar-refractivity contribution in [2.75, 3.05) is 12.3 Å². The van der Waals surface area contributed by atoms with Gasteiger partial charge in [-0.3, -0.25) is 9.78 Å². The lowest BCUT2D eigenvalue weighted by Gasteiger charge is -2.24. The van der Waals surface area contributed by atoms with Crippen LogP contribution in [0.5, 0.6) is 0 Å². The summed E-state index contributed by atoms with van der Waals surface area (Å²) in [6.07, 6.45) is 0.470. The van der Waals surface area contributed by atoms with Gasteiger partial charge in [-0.25, -0.2) is 0 Å². The number of nitrogen functional groups attached to an aromatic ring is 1. The molecule has 0 radical (unpaired) electrons. The first kappa shape index (κ1) is 16.2. The maximum atomic E-state index is 12.3. The van der Waals surface area contributed by atoms with Crippen LogP contribution in [-0.2, 0) is 4.74 Å². The molecule has 0 saturated carbocycles. The van der Waals surface area contributed by atoms with Gasteiger partial charge in [0.05, 0.1) is 28.9 Å². The lowest BCUT2D eigenvalue weighted by atomic mass is 10.1. The van der Waals surface area contributed by atoms with Crippen molar-refractivity contribution in [3.8, 4) is 0 Å². The summed E-state index contributed by atoms with van der Waals surface area (Å²) in [5, 5.41) is 13.1. The molecule has 2 rings (SSSR count). The smallest absolute Gasteiger partial charge is 0.252 e. The molecular weight excluding hydrogens is 282 g/mol. The zero-order valence-electron chi connectivity index (χ0n) is 13.0. The van der Waals surface area contributed by atoms with Crippen molar-refractivity contribution < 1.29 is 14.6 Å². The fraction of sp³-hybridized carbons (Fsp3) is 0.375. The summed E-state index contributed by atoms with van der Waals surface area (Å²) in [5.41, 5.74) is 6.94. The number of ether oxygens (including phenoxy) is 1. The van der Waals surface area contributed by atoms with Crippen molar-refractivity contribution in [1.29, 1.82) is 0 Å². The first-order chi connectivity index (χ1) is 10.3. The van der Waals surface area contributed by atoms with Gasteiger partial charge in [-0.1, -0.05) is 12.1 Å². The number of aliphatic hydroxyl groups excluding tert-OH is 1. The standard InChI is InChI=1S/C16H21N3O3/c1-16(2,3)22-13(20)9-19-15(21)11-7-8-18-14-10(11)5-4-6-12(14)17/h4-8,13,20H,9,17H2,1-3H3,(H,19,21). The van der Waals surface area contributed by atoms with Gasteiger partial charge in [0, 0.05) is 11.6 Å². The van der Waals surface area contributed by atoms with Crippen LogP contribution < -0.4 is 11.1 Å². The number of carbonyl (C=O) groups is 1. The average molecular weight is 303 g/mol. The van der Waals surface area contributed by atoms with Gasteiger partial charge in [0.1, 0.15) is 0 Å². The Kier molecular flexibility index (Phi) is 4.63. The number of rotatable bonds is 4. The molecule has 1 aromatic heterocycles. The molecule has 1 aromatic carbocycles. The largest absolute Gasteiger partial charge is 0.397 e. The van der Waals surface area contributed by atoms with Gasteiger partial charge < -0.3 is 20.9 Å². The molecule has 0 fully saturated rings. The number of aliphatic hydroxyl groups is 1. The van der Waals surface area contributed by atoms with E-state index in [2.05, 4.69) is 10.3 Å². The quantitative estimate of drug-likeness (QED) is 0.590. The zero-order chi connectivity index (χ0) is 16.3. The molecule has 1 heterocycles. The molecule has 0 spiro atoms. The van der Waals surface area contributed by atoms with E-state index in [1.807, 2.05) is 20.8 Å². The van der Waals surface area contributed by atoms with Crippen LogP contribution in [0.25, 0.3) is 10.9 Å². The van der Waals surface area contributed by atoms with E-state index >= 15 is 0 Å². The molecular formula is C16H21N3O3. The number of amides is 1. The van der Waals surface area contributed by atoms with Crippen LogP contribution >= 0.6 is 0 Å². The molecule has 22 heavy (non-hydrogen) atoms. The summed E-state index contributed by atoms with van der Waals surface area (Å²) < 4.78 is 5.34. The number of aromatic nitrogens is 1. The number of pyridine rings is 1. The van der Waals surface area contributed by atoms with E-state index in [1.165, 1.54) is 6.20 Å². The normalized spacial score (nSPS) is 13.1. The van der Waals surface area contributed by atoms with Crippen LogP contribution in [0.4, 0.5) is 5.69 Å². The number of para-hydroxylation sites is 1. The Morgan fingerprint density at radius 1 is 1.41 bits per heavy atom. The van der Waals surface area contributed by atoms with Gasteiger partial charge in [-0.2, -0.15) is 0 Å². The average Bonchev–Trinajstić information content (AvgIpc) is 2.43. The predicted molar refractivity (Wildman–Crippen MR) is 85.3 cm³/mol. The summed E-state index contributed by atoms with van der Waals surface area (Å²) in [5.74, 6) is -0.311. The van der Waals surface area contributed by atoms with Crippen LogP contribution in [0.15, 0.2) is 30.5 Å². The number of hydrogen-bond donors (Lipinski definition) is 3. The molecule has 6 nitrogen and oxygen atoms in total. The number of carbonyl (C=O) groups excluding carboxylic acids is 1. The fourth-order valence-corrected chi connectivity index (χ4v) is 2.12. The molecule has 1 amide bonds. The van der Waals surface area contributed by atoms with Crippen molar-refractivity contribution in [3.05, 3.63) is 36.0 Å². The summed E-state index contributed by atoms with van der Waals surface area (Å²) in [7, 11) is 0. The van der Waals surface area contributed by atoms with Crippen LogP contribution in [0.1, 0.15) is 31.1 Å². The highest BCUT2D eigenvalue weighted by molar-refractivity contribution is 6.08. The number of benzene rings is 1. The van der Waals surface area contributed by atoms with Gasteiger partial charge in [-0.15, -0.1) is 0 Å². The van der Waals surface area contributed by atoms with Crippen LogP contribution in [0.2, 0.25) is 0 Å². The topological polar surface area (TPSA) is 97.5 Å². The molecule has 118 valence electrons. The first-order valence-corrected chi connectivity index (χ1v) is 7.05. The third-order valence-electron chi connectivity index (χ3n) is 2.97. The molecule has 1 unspecified atom stereocenters. The number of nitrogens with zero attached hydrogens (tertiary/aromatic N) is 1. The molecule has 0 saturated heterocycles. The van der Waals surface area contributed by atoms with E-state index in [-0.39, 0.29) is 12.5 Å². The van der Waals surface area contributed by atoms with Gasteiger partial charge in [0.25, 0.3) is 5.91 Å². The highest BCUT2D eigenvalue weighted by atomic mass is 16.6. The molecule has 0 aliphatic heterocycles. The summed E-state index contributed by atoms with van der Waals surface area (Å²) in [4.78, 5) is 16.5. The van der Waals surface area contributed by atoms with E-state index in [9.17, 15) is 9.90 Å². The Bertz CT molecular complexity index is 680. The maximum Gasteiger partial charge on any atom is 0.252 e. The second-order valence-corrected chi connectivity index (χ2v) is 6.00. The molecule has 2 aromatic rings. The van der Waals surface area contributed by atoms with Gasteiger partial charge in [0.2, 0.25) is 0 Å². The summed E-state index contributed by atoms with van der Waals surface area (Å²) in [6, 6.07) is 6.91. The van der Waals surface area contributed by atoms with Gasteiger partial charge in [0.15, 0.2) is 6.29 Å². The molecule has 0 aliphatic carbocycles. The number of anilines is 1. The number of fused-ring (bicyclic) bond motifs is 1. The molecule has 6 heteroatoms. The van der Waals surface area contributed by atoms with Crippen molar-refractivity contribution in [2.45, 2.75) is 32.7 Å². The van der Waals surface area contributed by atoms with Crippen molar-refractivity contribution >= 4 is 22.5 Å². The first-order valence-electron chi connectivity index (χ1n) is 7.05. The minimum atomic E-state index is -1.07. The minimum Gasteiger partial charge on any atom is -0.397 e. The molecule has 0 aliphatic rings. The second kappa shape index (κ2) is 6.29. The Morgan fingerprint density at radius 2 is 2.14 bits per heavy atom. The Hall–Kier alpha value is -2.18. The summed E-state index contributed by atoms with van der Waals surface area (Å²) in [6.45, 7) is 5.49. The van der Waals surface area contributed by atoms with E-state index in [0.29, 0.717) is 22.2 Å². The highest BCUT2D eigenvalue weighted by Crippen LogP contribution is 2.21. The van der Waals surface area contributed by atoms with E-state index < -0.39 is 11.9 Å². The molecule has 4 N–H and O–H groups in total. The van der Waals surface area contributed by atoms with Crippen molar-refractivity contribution in [1.82, 2.24) is 10.3 Å². The lowest BCUT2D eigenvalue weighted by Crippen LogP contribution is -2.37. The maximum absolute atomic E-state index is 12.3. The minimum absolute atomic E-state index is 0.00222. The fourth-order valence-electron chi connectivity index (χ4n) is 2.12. The highest BCUT2D eigenvalue weighted by Gasteiger charge is 2.18. The van der Waals surface area contributed by atoms with E-state index in [0.717, 1.165) is 0 Å². The number of hydrogen-bond acceptors (Lipinski definition) is 5. The predicted octanol–water partition coefficient (Wildman–Crippen LogP) is 1.68. The monoisotopic (exact) mass is 303 g/mol. The third kappa shape index (κ3) is 3.93. The zero-order valence-corrected chi connectivity index (χ0v) is 13.0. The molecule has 0 bridgehead atoms. The van der Waals surface area contributed by atoms with E-state index in [1.54, 1.807) is 24.3 Å². The Morgan fingerprint density at radius 3 is 2.82 bits per heavy atom. The Balaban J connectivity index is 2.12. The van der Waals surface area contributed by atoms with Gasteiger partial charge in [-0.05, 0) is 32.9 Å². The second-order valence-electron chi connectivity index (χ2n) is 6.00. The summed E-state index contributed by atoms with van der Waals surface area (Å²) >= 11 is 0.